The zero-order valence-corrected chi connectivity index (χ0v) is 14.9. The van der Waals surface area contributed by atoms with Crippen molar-refractivity contribution in [1.29, 1.82) is 0 Å². The van der Waals surface area contributed by atoms with Gasteiger partial charge in [0.1, 0.15) is 0 Å². The van der Waals surface area contributed by atoms with Crippen LogP contribution in [0, 0.1) is 11.8 Å². The molecule has 1 saturated heterocycles. The summed E-state index contributed by atoms with van der Waals surface area (Å²) in [5.41, 5.74) is 11.7. The third kappa shape index (κ3) is 3.12. The zero-order valence-electron chi connectivity index (χ0n) is 14.9. The first-order valence-corrected chi connectivity index (χ1v) is 8.53. The van der Waals surface area contributed by atoms with Crippen LogP contribution in [0.2, 0.25) is 0 Å². The second-order valence-corrected chi connectivity index (χ2v) is 6.72. The molecule has 1 aliphatic heterocycles. The van der Waals surface area contributed by atoms with Gasteiger partial charge < -0.3 is 16.0 Å². The number of benzene rings is 1. The number of carbonyl (C=O) groups is 2. The number of likely N-dealkylation sites (tertiary alicyclic amines) is 1. The maximum absolute atomic E-state index is 11.9. The minimum Gasteiger partial charge on any atom is -0.380 e. The molecule has 25 heavy (non-hydrogen) atoms. The van der Waals surface area contributed by atoms with E-state index in [9.17, 15) is 9.59 Å². The molecule has 0 bridgehead atoms. The molecule has 130 valence electrons. The molecule has 3 N–H and O–H groups in total. The van der Waals surface area contributed by atoms with Crippen LogP contribution in [-0.4, -0.2) is 35.8 Å². The fourth-order valence-electron chi connectivity index (χ4n) is 3.69. The van der Waals surface area contributed by atoms with Gasteiger partial charge in [-0.15, -0.1) is 0 Å². The number of rotatable bonds is 3. The highest BCUT2D eigenvalue weighted by atomic mass is 16.2. The first-order valence-electron chi connectivity index (χ1n) is 8.53. The van der Waals surface area contributed by atoms with E-state index >= 15 is 0 Å². The molecule has 2 amide bonds. The van der Waals surface area contributed by atoms with Gasteiger partial charge in [0.2, 0.25) is 5.91 Å². The van der Waals surface area contributed by atoms with Crippen LogP contribution in [0.3, 0.4) is 0 Å². The normalized spacial score (nSPS) is 18.7. The number of hydrogen-bond donors (Lipinski definition) is 2. The van der Waals surface area contributed by atoms with Gasteiger partial charge in [-0.1, -0.05) is 11.5 Å². The molecule has 0 radical (unpaired) electrons. The Balaban J connectivity index is 1.85. The summed E-state index contributed by atoms with van der Waals surface area (Å²) in [6.45, 7) is 7.19. The first-order chi connectivity index (χ1) is 11.9. The standard InChI is InChI=1S/C20H23N3O2/c1-4-5-18(24)23-9-8-14(11-23)22-17-7-6-15(20(21)25)16-10-12(2)13(3)19(16)17/h6-7,14,22H,8-11H2,1-3H3,(H2,21,25). The van der Waals surface area contributed by atoms with Crippen molar-refractivity contribution in [2.45, 2.75) is 39.7 Å². The van der Waals surface area contributed by atoms with Gasteiger partial charge in [-0.05, 0) is 62.8 Å². The summed E-state index contributed by atoms with van der Waals surface area (Å²) < 4.78 is 0. The molecule has 2 aliphatic rings. The number of allylic oxidation sites excluding steroid dienone is 2. The summed E-state index contributed by atoms with van der Waals surface area (Å²) in [6, 6.07) is 3.91. The lowest BCUT2D eigenvalue weighted by Gasteiger charge is -2.19. The van der Waals surface area contributed by atoms with Crippen LogP contribution in [0.15, 0.2) is 17.7 Å². The molecule has 1 aliphatic carbocycles. The molecule has 3 rings (SSSR count). The molecule has 5 heteroatoms. The molecule has 5 nitrogen and oxygen atoms in total. The summed E-state index contributed by atoms with van der Waals surface area (Å²) in [4.78, 5) is 25.4. The maximum atomic E-state index is 11.9. The SMILES string of the molecule is CC#CC(=O)N1CCC(Nc2ccc(C(N)=O)c3c2C(C)=C(C)C3)C1. The first kappa shape index (κ1) is 17.1. The van der Waals surface area contributed by atoms with Crippen LogP contribution in [0.5, 0.6) is 0 Å². The Morgan fingerprint density at radius 1 is 1.32 bits per heavy atom. The number of anilines is 1. The minimum absolute atomic E-state index is 0.118. The van der Waals surface area contributed by atoms with E-state index in [0.717, 1.165) is 29.7 Å². The molecule has 1 unspecified atom stereocenters. The summed E-state index contributed by atoms with van der Waals surface area (Å²) in [7, 11) is 0. The van der Waals surface area contributed by atoms with Crippen molar-refractivity contribution in [2.75, 3.05) is 18.4 Å². The summed E-state index contributed by atoms with van der Waals surface area (Å²) in [6.07, 6.45) is 1.64. The van der Waals surface area contributed by atoms with Crippen molar-refractivity contribution >= 4 is 23.1 Å². The lowest BCUT2D eigenvalue weighted by molar-refractivity contribution is -0.124. The molecule has 1 aromatic rings. The van der Waals surface area contributed by atoms with Gasteiger partial charge in [0, 0.05) is 35.9 Å². The Labute approximate surface area is 148 Å². The molecule has 1 fully saturated rings. The van der Waals surface area contributed by atoms with Gasteiger partial charge in [-0.2, -0.15) is 0 Å². The molecule has 1 heterocycles. The van der Waals surface area contributed by atoms with Gasteiger partial charge in [-0.3, -0.25) is 9.59 Å². The summed E-state index contributed by atoms with van der Waals surface area (Å²) in [5.74, 6) is 4.75. The Morgan fingerprint density at radius 2 is 2.08 bits per heavy atom. The molecule has 1 aromatic carbocycles. The van der Waals surface area contributed by atoms with Crippen LogP contribution >= 0.6 is 0 Å². The van der Waals surface area contributed by atoms with Crippen molar-refractivity contribution in [1.82, 2.24) is 4.90 Å². The molecular formula is C20H23N3O2. The van der Waals surface area contributed by atoms with E-state index in [2.05, 4.69) is 31.0 Å². The number of fused-ring (bicyclic) bond motifs is 1. The van der Waals surface area contributed by atoms with Crippen molar-refractivity contribution in [3.05, 3.63) is 34.4 Å². The lowest BCUT2D eigenvalue weighted by atomic mass is 9.97. The highest BCUT2D eigenvalue weighted by Gasteiger charge is 2.28. The molecular weight excluding hydrogens is 314 g/mol. The van der Waals surface area contributed by atoms with Gasteiger partial charge in [0.05, 0.1) is 0 Å². The largest absolute Gasteiger partial charge is 0.380 e. The van der Waals surface area contributed by atoms with Crippen LogP contribution in [0.1, 0.15) is 48.7 Å². The predicted octanol–water partition coefficient (Wildman–Crippen LogP) is 2.17. The van der Waals surface area contributed by atoms with Gasteiger partial charge in [0.25, 0.3) is 5.91 Å². The van der Waals surface area contributed by atoms with Crippen LogP contribution in [-0.2, 0) is 11.2 Å². The smallest absolute Gasteiger partial charge is 0.298 e. The minimum atomic E-state index is -0.388. The van der Waals surface area contributed by atoms with E-state index in [4.69, 9.17) is 5.73 Å². The number of nitrogens with one attached hydrogen (secondary N) is 1. The van der Waals surface area contributed by atoms with E-state index in [-0.39, 0.29) is 17.9 Å². The van der Waals surface area contributed by atoms with Crippen LogP contribution in [0.25, 0.3) is 5.57 Å². The van der Waals surface area contributed by atoms with Crippen molar-refractivity contribution in [3.63, 3.8) is 0 Å². The number of carbonyl (C=O) groups excluding carboxylic acids is 2. The molecule has 0 aromatic heterocycles. The number of amides is 2. The van der Waals surface area contributed by atoms with E-state index in [1.807, 2.05) is 6.07 Å². The Kier molecular flexibility index (Phi) is 4.54. The monoisotopic (exact) mass is 337 g/mol. The molecule has 0 saturated carbocycles. The second kappa shape index (κ2) is 6.64. The van der Waals surface area contributed by atoms with Crippen LogP contribution in [0.4, 0.5) is 5.69 Å². The number of nitrogens with two attached hydrogens (primary N) is 1. The quantitative estimate of drug-likeness (QED) is 0.830. The maximum Gasteiger partial charge on any atom is 0.298 e. The molecule has 0 spiro atoms. The average molecular weight is 337 g/mol. The Bertz CT molecular complexity index is 842. The topological polar surface area (TPSA) is 75.4 Å². The molecule has 1 atom stereocenters. The second-order valence-electron chi connectivity index (χ2n) is 6.72. The van der Waals surface area contributed by atoms with Crippen LogP contribution < -0.4 is 11.1 Å². The van der Waals surface area contributed by atoms with Crippen molar-refractivity contribution < 1.29 is 9.59 Å². The fourth-order valence-corrected chi connectivity index (χ4v) is 3.69. The highest BCUT2D eigenvalue weighted by Crippen LogP contribution is 2.39. The number of hydrogen-bond acceptors (Lipinski definition) is 3. The number of primary amides is 1. The predicted molar refractivity (Wildman–Crippen MR) is 99.0 cm³/mol. The summed E-state index contributed by atoms with van der Waals surface area (Å²) >= 11 is 0. The fraction of sp³-hybridized carbons (Fsp3) is 0.400. The van der Waals surface area contributed by atoms with Gasteiger partial charge in [0.15, 0.2) is 0 Å². The van der Waals surface area contributed by atoms with E-state index < -0.39 is 0 Å². The van der Waals surface area contributed by atoms with Crippen molar-refractivity contribution in [2.24, 2.45) is 5.73 Å². The van der Waals surface area contributed by atoms with Gasteiger partial charge >= 0.3 is 0 Å². The lowest BCUT2D eigenvalue weighted by Crippen LogP contribution is -2.30. The Morgan fingerprint density at radius 3 is 2.76 bits per heavy atom. The van der Waals surface area contributed by atoms with Gasteiger partial charge in [-0.25, -0.2) is 0 Å². The van der Waals surface area contributed by atoms with E-state index in [1.54, 1.807) is 17.9 Å². The van der Waals surface area contributed by atoms with E-state index in [0.29, 0.717) is 18.7 Å². The average Bonchev–Trinajstić information content (AvgIpc) is 3.13. The third-order valence-electron chi connectivity index (χ3n) is 5.10. The number of nitrogens with zero attached hydrogens (tertiary/aromatic N) is 1. The third-order valence-corrected chi connectivity index (χ3v) is 5.10. The zero-order chi connectivity index (χ0) is 18.1. The van der Waals surface area contributed by atoms with Crippen molar-refractivity contribution in [3.8, 4) is 11.8 Å². The Hall–Kier alpha value is -2.74. The highest BCUT2D eigenvalue weighted by molar-refractivity contribution is 5.99. The van der Waals surface area contributed by atoms with E-state index in [1.165, 1.54) is 11.1 Å². The summed E-state index contributed by atoms with van der Waals surface area (Å²) in [5, 5.41) is 3.56.